The van der Waals surface area contributed by atoms with Gasteiger partial charge in [-0.05, 0) is 24.3 Å². The van der Waals surface area contributed by atoms with Gasteiger partial charge < -0.3 is 8.83 Å². The first-order chi connectivity index (χ1) is 12.4. The molecule has 0 spiro atoms. The van der Waals surface area contributed by atoms with Gasteiger partial charge in [0.15, 0.2) is 5.89 Å². The maximum absolute atomic E-state index is 12.8. The summed E-state index contributed by atoms with van der Waals surface area (Å²) in [6, 6.07) is 9.77. The topological polar surface area (TPSA) is 87.4 Å². The predicted octanol–water partition coefficient (Wildman–Crippen LogP) is 4.58. The lowest BCUT2D eigenvalue weighted by Gasteiger charge is -2.07. The molecule has 9 heteroatoms. The van der Waals surface area contributed by atoms with Crippen molar-refractivity contribution in [3.63, 3.8) is 0 Å². The fourth-order valence-electron chi connectivity index (χ4n) is 2.16. The number of alkyl halides is 3. The number of hydrogen-bond acceptors (Lipinski definition) is 6. The highest BCUT2D eigenvalue weighted by molar-refractivity contribution is 5.78. The molecule has 0 fully saturated rings. The molecule has 2 heterocycles. The second kappa shape index (κ2) is 6.76. The van der Waals surface area contributed by atoms with Crippen molar-refractivity contribution in [3.05, 3.63) is 59.3 Å². The molecule has 0 aliphatic carbocycles. The van der Waals surface area contributed by atoms with Gasteiger partial charge in [0.25, 0.3) is 5.88 Å². The summed E-state index contributed by atoms with van der Waals surface area (Å²) in [5.74, 6) is 0.973. The van der Waals surface area contributed by atoms with Crippen LogP contribution >= 0.6 is 0 Å². The van der Waals surface area contributed by atoms with Gasteiger partial charge >= 0.3 is 6.18 Å². The Morgan fingerprint density at radius 3 is 2.77 bits per heavy atom. The van der Waals surface area contributed by atoms with E-state index in [1.54, 1.807) is 13.0 Å². The number of rotatable bonds is 4. The third kappa shape index (κ3) is 3.75. The summed E-state index contributed by atoms with van der Waals surface area (Å²) in [6.07, 6.45) is -3.12. The van der Waals surface area contributed by atoms with Crippen molar-refractivity contribution >= 4 is 12.1 Å². The fraction of sp³-hybridized carbons (Fsp3) is 0.118. The summed E-state index contributed by atoms with van der Waals surface area (Å²) in [5, 5.41) is 12.8. The van der Waals surface area contributed by atoms with Crippen molar-refractivity contribution in [1.82, 2.24) is 4.98 Å². The number of hydrogen-bond donors (Lipinski definition) is 1. The number of nitriles is 1. The predicted molar refractivity (Wildman–Crippen MR) is 86.3 cm³/mol. The Bertz CT molecular complexity index is 996. The molecule has 2 aromatic heterocycles. The van der Waals surface area contributed by atoms with Crippen LogP contribution < -0.4 is 5.43 Å². The summed E-state index contributed by atoms with van der Waals surface area (Å²) in [4.78, 5) is 3.85. The number of furan rings is 1. The average molecular weight is 360 g/mol. The molecule has 1 N–H and O–H groups in total. The number of nitrogens with one attached hydrogen (secondary N) is 1. The number of halogens is 3. The Morgan fingerprint density at radius 2 is 2.04 bits per heavy atom. The standard InChI is InChI=1S/C17H11F3N4O2/c1-10-23-14(8-21)16(25-10)24-22-9-13-5-6-15(26-13)11-3-2-4-12(7-11)17(18,19)20/h2-7,9,24H,1H3/b22-9+. The Morgan fingerprint density at radius 1 is 1.23 bits per heavy atom. The quantitative estimate of drug-likeness (QED) is 0.543. The molecule has 0 saturated heterocycles. The van der Waals surface area contributed by atoms with Gasteiger partial charge in [0.05, 0.1) is 11.8 Å². The van der Waals surface area contributed by atoms with Gasteiger partial charge in [-0.15, -0.1) is 0 Å². The van der Waals surface area contributed by atoms with E-state index in [1.165, 1.54) is 24.4 Å². The third-order valence-electron chi connectivity index (χ3n) is 3.30. The number of anilines is 1. The summed E-state index contributed by atoms with van der Waals surface area (Å²) in [6.45, 7) is 1.59. The normalized spacial score (nSPS) is 11.7. The highest BCUT2D eigenvalue weighted by Crippen LogP contribution is 2.32. The highest BCUT2D eigenvalue weighted by Gasteiger charge is 2.30. The van der Waals surface area contributed by atoms with Crippen LogP contribution in [0.2, 0.25) is 0 Å². The van der Waals surface area contributed by atoms with E-state index in [0.717, 1.165) is 12.1 Å². The van der Waals surface area contributed by atoms with Crippen LogP contribution in [-0.2, 0) is 6.18 Å². The van der Waals surface area contributed by atoms with Crippen LogP contribution in [0, 0.1) is 18.3 Å². The van der Waals surface area contributed by atoms with Crippen LogP contribution in [-0.4, -0.2) is 11.2 Å². The molecule has 0 radical (unpaired) electrons. The summed E-state index contributed by atoms with van der Waals surface area (Å²) in [7, 11) is 0. The van der Waals surface area contributed by atoms with Crippen LogP contribution in [0.25, 0.3) is 11.3 Å². The zero-order valence-corrected chi connectivity index (χ0v) is 13.3. The Labute approximate surface area is 145 Å². The molecule has 6 nitrogen and oxygen atoms in total. The zero-order valence-electron chi connectivity index (χ0n) is 13.3. The smallest absolute Gasteiger partial charge is 0.416 e. The van der Waals surface area contributed by atoms with Crippen molar-refractivity contribution in [2.75, 3.05) is 5.43 Å². The first-order valence-corrected chi connectivity index (χ1v) is 7.31. The minimum absolute atomic E-state index is 0.0590. The lowest BCUT2D eigenvalue weighted by atomic mass is 10.1. The second-order valence-corrected chi connectivity index (χ2v) is 5.17. The molecule has 0 aliphatic rings. The fourth-order valence-corrected chi connectivity index (χ4v) is 2.16. The molecular weight excluding hydrogens is 349 g/mol. The molecular formula is C17H11F3N4O2. The maximum Gasteiger partial charge on any atom is 0.416 e. The highest BCUT2D eigenvalue weighted by atomic mass is 19.4. The van der Waals surface area contributed by atoms with Crippen molar-refractivity contribution in [3.8, 4) is 17.4 Å². The number of benzene rings is 1. The van der Waals surface area contributed by atoms with Crippen molar-refractivity contribution < 1.29 is 22.0 Å². The SMILES string of the molecule is Cc1nc(C#N)c(N/N=C/c2ccc(-c3cccc(C(F)(F)F)c3)o2)o1. The van der Waals surface area contributed by atoms with Gasteiger partial charge in [-0.3, -0.25) is 0 Å². The number of hydrazone groups is 1. The molecule has 0 aliphatic heterocycles. The first kappa shape index (κ1) is 17.3. The average Bonchev–Trinajstić information content (AvgIpc) is 3.21. The second-order valence-electron chi connectivity index (χ2n) is 5.17. The van der Waals surface area contributed by atoms with E-state index >= 15 is 0 Å². The van der Waals surface area contributed by atoms with E-state index < -0.39 is 11.7 Å². The summed E-state index contributed by atoms with van der Waals surface area (Å²) < 4.78 is 49.0. The van der Waals surface area contributed by atoms with E-state index in [1.807, 2.05) is 6.07 Å². The molecule has 132 valence electrons. The van der Waals surface area contributed by atoms with Crippen LogP contribution in [0.1, 0.15) is 22.9 Å². The molecule has 26 heavy (non-hydrogen) atoms. The van der Waals surface area contributed by atoms with Crippen molar-refractivity contribution in [2.24, 2.45) is 5.10 Å². The molecule has 0 saturated carbocycles. The van der Waals surface area contributed by atoms with Gasteiger partial charge in [-0.1, -0.05) is 12.1 Å². The van der Waals surface area contributed by atoms with Gasteiger partial charge in [0.1, 0.15) is 17.6 Å². The molecule has 3 aromatic rings. The summed E-state index contributed by atoms with van der Waals surface area (Å²) >= 11 is 0. The van der Waals surface area contributed by atoms with Crippen LogP contribution in [0.5, 0.6) is 0 Å². The van der Waals surface area contributed by atoms with Gasteiger partial charge in [0.2, 0.25) is 5.69 Å². The zero-order chi connectivity index (χ0) is 18.7. The first-order valence-electron chi connectivity index (χ1n) is 7.31. The molecule has 0 bridgehead atoms. The Kier molecular flexibility index (Phi) is 4.49. The maximum atomic E-state index is 12.8. The Balaban J connectivity index is 1.75. The number of aryl methyl sites for hydroxylation is 1. The molecule has 3 rings (SSSR count). The number of aromatic nitrogens is 1. The van der Waals surface area contributed by atoms with E-state index in [9.17, 15) is 13.2 Å². The van der Waals surface area contributed by atoms with Crippen molar-refractivity contribution in [1.29, 1.82) is 5.26 Å². The van der Waals surface area contributed by atoms with Crippen LogP contribution in [0.4, 0.5) is 19.1 Å². The monoisotopic (exact) mass is 360 g/mol. The van der Waals surface area contributed by atoms with Gasteiger partial charge in [0, 0.05) is 12.5 Å². The van der Waals surface area contributed by atoms with E-state index in [-0.39, 0.29) is 17.3 Å². The van der Waals surface area contributed by atoms with Gasteiger partial charge in [-0.25, -0.2) is 10.4 Å². The van der Waals surface area contributed by atoms with Gasteiger partial charge in [-0.2, -0.15) is 23.5 Å². The van der Waals surface area contributed by atoms with E-state index in [2.05, 4.69) is 15.5 Å². The van der Waals surface area contributed by atoms with Crippen LogP contribution in [0.3, 0.4) is 0 Å². The molecule has 0 amide bonds. The largest absolute Gasteiger partial charge is 0.455 e. The number of nitrogens with zero attached hydrogens (tertiary/aromatic N) is 3. The van der Waals surface area contributed by atoms with E-state index in [0.29, 0.717) is 17.2 Å². The molecule has 0 atom stereocenters. The van der Waals surface area contributed by atoms with Crippen LogP contribution in [0.15, 0.2) is 50.3 Å². The van der Waals surface area contributed by atoms with Crippen molar-refractivity contribution in [2.45, 2.75) is 13.1 Å². The minimum Gasteiger partial charge on any atom is -0.455 e. The third-order valence-corrected chi connectivity index (χ3v) is 3.30. The molecule has 0 unspecified atom stereocenters. The summed E-state index contributed by atoms with van der Waals surface area (Å²) in [5.41, 5.74) is 2.12. The number of oxazole rings is 1. The lowest BCUT2D eigenvalue weighted by Crippen LogP contribution is -2.04. The lowest BCUT2D eigenvalue weighted by molar-refractivity contribution is -0.137. The van der Waals surface area contributed by atoms with E-state index in [4.69, 9.17) is 14.1 Å². The minimum atomic E-state index is -4.43. The Hall–Kier alpha value is -3.54. The molecule has 1 aromatic carbocycles.